The summed E-state index contributed by atoms with van der Waals surface area (Å²) in [4.78, 5) is 0. The van der Waals surface area contributed by atoms with Gasteiger partial charge in [-0.25, -0.2) is 8.42 Å². The van der Waals surface area contributed by atoms with Gasteiger partial charge in [0.1, 0.15) is 9.84 Å². The molecule has 4 heteroatoms. The van der Waals surface area contributed by atoms with Crippen molar-refractivity contribution in [2.24, 2.45) is 17.3 Å². The number of nitrogens with one attached hydrogen (secondary N) is 1. The van der Waals surface area contributed by atoms with E-state index < -0.39 is 9.84 Å². The molecule has 0 radical (unpaired) electrons. The number of rotatable bonds is 6. The summed E-state index contributed by atoms with van der Waals surface area (Å²) in [5.74, 6) is 1.92. The molecule has 20 heavy (non-hydrogen) atoms. The predicted molar refractivity (Wildman–Crippen MR) is 86.7 cm³/mol. The molecule has 0 heterocycles. The average Bonchev–Trinajstić information content (AvgIpc) is 2.35. The van der Waals surface area contributed by atoms with Gasteiger partial charge < -0.3 is 5.32 Å². The van der Waals surface area contributed by atoms with Gasteiger partial charge in [0.05, 0.1) is 5.75 Å². The van der Waals surface area contributed by atoms with Crippen molar-refractivity contribution in [3.05, 3.63) is 0 Å². The van der Waals surface area contributed by atoms with E-state index in [2.05, 4.69) is 26.1 Å². The summed E-state index contributed by atoms with van der Waals surface area (Å²) in [7, 11) is -0.834. The van der Waals surface area contributed by atoms with Crippen molar-refractivity contribution in [1.29, 1.82) is 0 Å². The minimum Gasteiger partial charge on any atom is -0.317 e. The van der Waals surface area contributed by atoms with Gasteiger partial charge in [-0.15, -0.1) is 0 Å². The Kier molecular flexibility index (Phi) is 6.52. The van der Waals surface area contributed by atoms with Crippen LogP contribution >= 0.6 is 0 Å². The molecule has 0 aromatic heterocycles. The lowest BCUT2D eigenvalue weighted by atomic mass is 9.67. The highest BCUT2D eigenvalue weighted by molar-refractivity contribution is 7.91. The fraction of sp³-hybridized carbons (Fsp3) is 1.00. The van der Waals surface area contributed by atoms with E-state index in [4.69, 9.17) is 0 Å². The van der Waals surface area contributed by atoms with Crippen molar-refractivity contribution in [3.63, 3.8) is 0 Å². The molecule has 1 N–H and O–H groups in total. The first kappa shape index (κ1) is 18.0. The van der Waals surface area contributed by atoms with Gasteiger partial charge in [0.2, 0.25) is 0 Å². The second kappa shape index (κ2) is 7.26. The normalized spacial score (nSPS) is 28.6. The standard InChI is InChI=1S/C16H33NO2S/c1-6-10-20(18,19)11-9-13-12-14(16(2,3)4)7-8-15(13)17-5/h13-15,17H,6-12H2,1-5H3. The average molecular weight is 304 g/mol. The van der Waals surface area contributed by atoms with E-state index in [1.54, 1.807) is 0 Å². The quantitative estimate of drug-likeness (QED) is 0.819. The van der Waals surface area contributed by atoms with E-state index in [0.29, 0.717) is 34.8 Å². The Balaban J connectivity index is 2.64. The van der Waals surface area contributed by atoms with E-state index in [1.807, 2.05) is 14.0 Å². The molecule has 1 fully saturated rings. The largest absolute Gasteiger partial charge is 0.317 e. The fourth-order valence-corrected chi connectivity index (χ4v) is 4.98. The molecule has 0 aliphatic heterocycles. The van der Waals surface area contributed by atoms with Crippen LogP contribution in [0, 0.1) is 17.3 Å². The summed E-state index contributed by atoms with van der Waals surface area (Å²) < 4.78 is 23.9. The Hall–Kier alpha value is -0.0900. The van der Waals surface area contributed by atoms with Gasteiger partial charge in [0.25, 0.3) is 0 Å². The van der Waals surface area contributed by atoms with Gasteiger partial charge in [0, 0.05) is 11.8 Å². The Morgan fingerprint density at radius 3 is 2.30 bits per heavy atom. The first-order chi connectivity index (χ1) is 9.19. The van der Waals surface area contributed by atoms with E-state index >= 15 is 0 Å². The summed E-state index contributed by atoms with van der Waals surface area (Å²) in [5, 5.41) is 3.40. The molecule has 0 saturated heterocycles. The van der Waals surface area contributed by atoms with Gasteiger partial charge >= 0.3 is 0 Å². The second-order valence-corrected chi connectivity index (χ2v) is 9.78. The molecule has 0 aromatic carbocycles. The molecule has 0 bridgehead atoms. The monoisotopic (exact) mass is 303 g/mol. The second-order valence-electron chi connectivity index (χ2n) is 7.47. The molecular weight excluding hydrogens is 270 g/mol. The lowest BCUT2D eigenvalue weighted by Gasteiger charge is -2.42. The summed E-state index contributed by atoms with van der Waals surface area (Å²) in [5.41, 5.74) is 0.333. The van der Waals surface area contributed by atoms with E-state index in [-0.39, 0.29) is 0 Å². The van der Waals surface area contributed by atoms with Crippen LogP contribution in [0.3, 0.4) is 0 Å². The molecule has 3 atom stereocenters. The van der Waals surface area contributed by atoms with Crippen molar-refractivity contribution in [1.82, 2.24) is 5.32 Å². The van der Waals surface area contributed by atoms with E-state index in [0.717, 1.165) is 19.3 Å². The van der Waals surface area contributed by atoms with Gasteiger partial charge in [-0.3, -0.25) is 0 Å². The molecule has 1 aliphatic rings. The van der Waals surface area contributed by atoms with Crippen LogP contribution in [0.25, 0.3) is 0 Å². The van der Waals surface area contributed by atoms with Crippen LogP contribution in [0.2, 0.25) is 0 Å². The highest BCUT2D eigenvalue weighted by Gasteiger charge is 2.35. The Morgan fingerprint density at radius 1 is 1.15 bits per heavy atom. The maximum atomic E-state index is 11.9. The Bertz CT molecular complexity index is 384. The van der Waals surface area contributed by atoms with Gasteiger partial charge in [-0.1, -0.05) is 27.7 Å². The molecule has 3 nitrogen and oxygen atoms in total. The smallest absolute Gasteiger partial charge is 0.150 e. The molecule has 3 unspecified atom stereocenters. The molecule has 1 saturated carbocycles. The third kappa shape index (κ3) is 5.36. The molecule has 1 rings (SSSR count). The van der Waals surface area contributed by atoms with Crippen LogP contribution in [0.5, 0.6) is 0 Å². The highest BCUT2D eigenvalue weighted by atomic mass is 32.2. The molecule has 120 valence electrons. The Morgan fingerprint density at radius 2 is 1.80 bits per heavy atom. The maximum absolute atomic E-state index is 11.9. The van der Waals surface area contributed by atoms with E-state index in [1.165, 1.54) is 12.8 Å². The van der Waals surface area contributed by atoms with Crippen LogP contribution in [-0.4, -0.2) is 33.0 Å². The fourth-order valence-electron chi connectivity index (χ4n) is 3.49. The number of sulfone groups is 1. The third-order valence-electron chi connectivity index (χ3n) is 4.89. The molecule has 0 aromatic rings. The zero-order chi connectivity index (χ0) is 15.4. The third-order valence-corrected chi connectivity index (χ3v) is 6.78. The van der Waals surface area contributed by atoms with Crippen LogP contribution in [0.4, 0.5) is 0 Å². The van der Waals surface area contributed by atoms with Crippen molar-refractivity contribution >= 4 is 9.84 Å². The van der Waals surface area contributed by atoms with Gasteiger partial charge in [-0.2, -0.15) is 0 Å². The highest BCUT2D eigenvalue weighted by Crippen LogP contribution is 2.41. The summed E-state index contributed by atoms with van der Waals surface area (Å²) in [6, 6.07) is 0.491. The maximum Gasteiger partial charge on any atom is 0.150 e. The Labute approximate surface area is 125 Å². The zero-order valence-corrected chi connectivity index (χ0v) is 14.7. The lowest BCUT2D eigenvalue weighted by molar-refractivity contribution is 0.115. The molecular formula is C16H33NO2S. The SMILES string of the molecule is CCCS(=O)(=O)CCC1CC(C(C)(C)C)CCC1NC. The van der Waals surface area contributed by atoms with Crippen LogP contribution in [0.1, 0.15) is 59.8 Å². The van der Waals surface area contributed by atoms with Gasteiger partial charge in [-0.05, 0) is 56.4 Å². The lowest BCUT2D eigenvalue weighted by Crippen LogP contribution is -2.42. The van der Waals surface area contributed by atoms with Crippen LogP contribution < -0.4 is 5.32 Å². The van der Waals surface area contributed by atoms with E-state index in [9.17, 15) is 8.42 Å². The first-order valence-corrected chi connectivity index (χ1v) is 9.89. The van der Waals surface area contributed by atoms with Crippen molar-refractivity contribution < 1.29 is 8.42 Å². The number of hydrogen-bond acceptors (Lipinski definition) is 3. The van der Waals surface area contributed by atoms with Crippen molar-refractivity contribution in [2.45, 2.75) is 65.8 Å². The number of hydrogen-bond donors (Lipinski definition) is 1. The predicted octanol–water partition coefficient (Wildman–Crippen LogP) is 3.25. The van der Waals surface area contributed by atoms with Crippen molar-refractivity contribution in [2.75, 3.05) is 18.6 Å². The van der Waals surface area contributed by atoms with Crippen LogP contribution in [-0.2, 0) is 9.84 Å². The summed E-state index contributed by atoms with van der Waals surface area (Å²) >= 11 is 0. The zero-order valence-electron chi connectivity index (χ0n) is 13.9. The minimum atomic E-state index is -2.84. The molecule has 0 spiro atoms. The van der Waals surface area contributed by atoms with Crippen molar-refractivity contribution in [3.8, 4) is 0 Å². The minimum absolute atomic E-state index is 0.333. The summed E-state index contributed by atoms with van der Waals surface area (Å²) in [6.45, 7) is 8.86. The summed E-state index contributed by atoms with van der Waals surface area (Å²) in [6.07, 6.45) is 5.15. The molecule has 1 aliphatic carbocycles. The first-order valence-electron chi connectivity index (χ1n) is 8.07. The van der Waals surface area contributed by atoms with Gasteiger partial charge in [0.15, 0.2) is 0 Å². The van der Waals surface area contributed by atoms with Crippen LogP contribution in [0.15, 0.2) is 0 Å². The molecule has 0 amide bonds. The topological polar surface area (TPSA) is 46.2 Å².